The van der Waals surface area contributed by atoms with Gasteiger partial charge in [0.05, 0.1) is 18.8 Å². The van der Waals surface area contributed by atoms with E-state index in [2.05, 4.69) is 16.0 Å². The molecule has 3 amide bonds. The summed E-state index contributed by atoms with van der Waals surface area (Å²) >= 11 is 0. The Kier molecular flexibility index (Phi) is 9.46. The van der Waals surface area contributed by atoms with Crippen molar-refractivity contribution >= 4 is 35.8 Å². The fourth-order valence-electron chi connectivity index (χ4n) is 3.93. The summed E-state index contributed by atoms with van der Waals surface area (Å²) in [7, 11) is 3.22. The monoisotopic (exact) mass is 488 g/mol. The number of hydrogen-bond donors (Lipinski definition) is 3. The van der Waals surface area contributed by atoms with Crippen molar-refractivity contribution in [2.24, 2.45) is 5.92 Å². The minimum absolute atomic E-state index is 0. The fraction of sp³-hybridized carbons (Fsp3) is 0.400. The van der Waals surface area contributed by atoms with E-state index in [1.165, 1.54) is 7.11 Å². The van der Waals surface area contributed by atoms with E-state index in [1.807, 2.05) is 44.2 Å². The largest absolute Gasteiger partial charge is 0.495 e. The summed E-state index contributed by atoms with van der Waals surface area (Å²) in [6.07, 6.45) is 0. The summed E-state index contributed by atoms with van der Waals surface area (Å²) in [6, 6.07) is 12.6. The molecule has 184 valence electrons. The van der Waals surface area contributed by atoms with Crippen LogP contribution >= 0.6 is 12.4 Å². The Bertz CT molecular complexity index is 1030. The van der Waals surface area contributed by atoms with E-state index < -0.39 is 18.1 Å². The number of carbonyl (C=O) groups is 3. The van der Waals surface area contributed by atoms with Gasteiger partial charge in [-0.2, -0.15) is 0 Å². The standard InChI is InChI=1S/C25H32N4O4.ClH/c1-15(2)21(28-23(30)16(3)26-4)25(32)29-14-17-10-6-7-11-18(17)22(29)24(31)27-19-12-8-9-13-20(19)33-5;/h6-13,15-16,21-22,26H,14H2,1-5H3,(H,27,31)(H,28,30);1H/t16-,21-,22?;/m0./s1. The fourth-order valence-corrected chi connectivity index (χ4v) is 3.93. The molecule has 34 heavy (non-hydrogen) atoms. The van der Waals surface area contributed by atoms with E-state index in [0.717, 1.165) is 11.1 Å². The van der Waals surface area contributed by atoms with Gasteiger partial charge in [-0.15, -0.1) is 12.4 Å². The zero-order valence-corrected chi connectivity index (χ0v) is 20.9. The van der Waals surface area contributed by atoms with Crippen LogP contribution in [0, 0.1) is 5.92 Å². The molecule has 0 bridgehead atoms. The molecular weight excluding hydrogens is 456 g/mol. The van der Waals surface area contributed by atoms with Gasteiger partial charge in [0.1, 0.15) is 17.8 Å². The molecule has 3 atom stereocenters. The van der Waals surface area contributed by atoms with Crippen LogP contribution in [-0.2, 0) is 20.9 Å². The first-order chi connectivity index (χ1) is 15.8. The molecule has 0 saturated heterocycles. The number of anilines is 1. The van der Waals surface area contributed by atoms with E-state index in [9.17, 15) is 14.4 Å². The molecule has 0 aliphatic carbocycles. The minimum Gasteiger partial charge on any atom is -0.495 e. The quantitative estimate of drug-likeness (QED) is 0.530. The lowest BCUT2D eigenvalue weighted by molar-refractivity contribution is -0.143. The number of nitrogens with zero attached hydrogens (tertiary/aromatic N) is 1. The van der Waals surface area contributed by atoms with Crippen LogP contribution in [-0.4, -0.2) is 48.9 Å². The highest BCUT2D eigenvalue weighted by Gasteiger charge is 2.42. The number of hydrogen-bond acceptors (Lipinski definition) is 5. The van der Waals surface area contributed by atoms with Crippen molar-refractivity contribution in [2.75, 3.05) is 19.5 Å². The van der Waals surface area contributed by atoms with Crippen LogP contribution in [0.15, 0.2) is 48.5 Å². The number of rotatable bonds is 8. The van der Waals surface area contributed by atoms with Gasteiger partial charge < -0.3 is 25.6 Å². The van der Waals surface area contributed by atoms with Crippen LogP contribution in [0.4, 0.5) is 5.69 Å². The summed E-state index contributed by atoms with van der Waals surface area (Å²) in [6.45, 7) is 5.77. The molecule has 1 aliphatic rings. The van der Waals surface area contributed by atoms with Crippen molar-refractivity contribution in [1.82, 2.24) is 15.5 Å². The van der Waals surface area contributed by atoms with Gasteiger partial charge in [-0.25, -0.2) is 0 Å². The van der Waals surface area contributed by atoms with Crippen LogP contribution in [0.2, 0.25) is 0 Å². The minimum atomic E-state index is -0.821. The molecule has 1 unspecified atom stereocenters. The van der Waals surface area contributed by atoms with Crippen LogP contribution in [0.3, 0.4) is 0 Å². The first-order valence-electron chi connectivity index (χ1n) is 11.1. The highest BCUT2D eigenvalue weighted by Crippen LogP contribution is 2.36. The van der Waals surface area contributed by atoms with Gasteiger partial charge in [0.25, 0.3) is 5.91 Å². The molecule has 3 rings (SSSR count). The van der Waals surface area contributed by atoms with Crippen LogP contribution in [0.25, 0.3) is 0 Å². The summed E-state index contributed by atoms with van der Waals surface area (Å²) < 4.78 is 5.35. The molecule has 9 heteroatoms. The molecule has 1 heterocycles. The summed E-state index contributed by atoms with van der Waals surface area (Å²) in [5.74, 6) is -0.528. The topological polar surface area (TPSA) is 99.8 Å². The molecule has 0 aromatic heterocycles. The van der Waals surface area contributed by atoms with E-state index in [-0.39, 0.29) is 36.0 Å². The number of fused-ring (bicyclic) bond motifs is 1. The van der Waals surface area contributed by atoms with Crippen LogP contribution < -0.4 is 20.7 Å². The van der Waals surface area contributed by atoms with E-state index in [1.54, 1.807) is 37.1 Å². The number of methoxy groups -OCH3 is 1. The Morgan fingerprint density at radius 3 is 2.32 bits per heavy atom. The van der Waals surface area contributed by atoms with E-state index >= 15 is 0 Å². The predicted molar refractivity (Wildman–Crippen MR) is 134 cm³/mol. The lowest BCUT2D eigenvalue weighted by Gasteiger charge is -2.31. The van der Waals surface area contributed by atoms with Crippen molar-refractivity contribution in [3.05, 3.63) is 59.7 Å². The third-order valence-electron chi connectivity index (χ3n) is 5.96. The smallest absolute Gasteiger partial charge is 0.251 e. The number of para-hydroxylation sites is 2. The number of ether oxygens (including phenoxy) is 1. The van der Waals surface area contributed by atoms with Crippen molar-refractivity contribution < 1.29 is 19.1 Å². The molecule has 3 N–H and O–H groups in total. The van der Waals surface area contributed by atoms with Crippen molar-refractivity contribution in [2.45, 2.75) is 45.4 Å². The molecule has 0 saturated carbocycles. The second-order valence-electron chi connectivity index (χ2n) is 8.50. The number of amides is 3. The predicted octanol–water partition coefficient (Wildman–Crippen LogP) is 2.89. The van der Waals surface area contributed by atoms with Crippen LogP contribution in [0.1, 0.15) is 37.9 Å². The number of benzene rings is 2. The number of carbonyl (C=O) groups excluding carboxylic acids is 3. The highest BCUT2D eigenvalue weighted by atomic mass is 35.5. The second kappa shape index (κ2) is 11.9. The number of likely N-dealkylation sites (N-methyl/N-ethyl adjacent to an activating group) is 1. The van der Waals surface area contributed by atoms with Gasteiger partial charge in [0.15, 0.2) is 0 Å². The zero-order valence-electron chi connectivity index (χ0n) is 20.1. The van der Waals surface area contributed by atoms with Gasteiger partial charge >= 0.3 is 0 Å². The second-order valence-corrected chi connectivity index (χ2v) is 8.50. The lowest BCUT2D eigenvalue weighted by Crippen LogP contribution is -2.55. The molecule has 2 aromatic carbocycles. The number of halogens is 1. The summed E-state index contributed by atoms with van der Waals surface area (Å²) in [5.41, 5.74) is 2.21. The average molecular weight is 489 g/mol. The molecule has 0 spiro atoms. The Labute approximate surface area is 206 Å². The lowest BCUT2D eigenvalue weighted by atomic mass is 10.0. The molecule has 1 aliphatic heterocycles. The Hall–Kier alpha value is -3.10. The first-order valence-corrected chi connectivity index (χ1v) is 11.1. The molecular formula is C25H33ClN4O4. The van der Waals surface area contributed by atoms with Crippen molar-refractivity contribution in [1.29, 1.82) is 0 Å². The van der Waals surface area contributed by atoms with Gasteiger partial charge in [-0.05, 0) is 43.1 Å². The van der Waals surface area contributed by atoms with Gasteiger partial charge in [-0.3, -0.25) is 14.4 Å². The summed E-state index contributed by atoms with van der Waals surface area (Å²) in [4.78, 5) is 41.2. The maximum absolute atomic E-state index is 13.7. The van der Waals surface area contributed by atoms with Crippen molar-refractivity contribution in [3.8, 4) is 5.75 Å². The maximum atomic E-state index is 13.7. The first kappa shape index (κ1) is 27.1. The van der Waals surface area contributed by atoms with Gasteiger partial charge in [0, 0.05) is 6.54 Å². The van der Waals surface area contributed by atoms with Crippen LogP contribution in [0.5, 0.6) is 5.75 Å². The third-order valence-corrected chi connectivity index (χ3v) is 5.96. The highest BCUT2D eigenvalue weighted by molar-refractivity contribution is 6.01. The molecule has 8 nitrogen and oxygen atoms in total. The normalized spacial score (nSPS) is 16.2. The molecule has 2 aromatic rings. The van der Waals surface area contributed by atoms with E-state index in [0.29, 0.717) is 18.0 Å². The molecule has 0 fully saturated rings. The zero-order chi connectivity index (χ0) is 24.1. The van der Waals surface area contributed by atoms with Gasteiger partial charge in [0.2, 0.25) is 11.8 Å². The average Bonchev–Trinajstić information content (AvgIpc) is 3.21. The third kappa shape index (κ3) is 5.69. The maximum Gasteiger partial charge on any atom is 0.251 e. The number of nitrogens with one attached hydrogen (secondary N) is 3. The van der Waals surface area contributed by atoms with E-state index in [4.69, 9.17) is 4.74 Å². The Morgan fingerprint density at radius 1 is 1.03 bits per heavy atom. The Balaban J connectivity index is 0.00000408. The SMILES string of the molecule is CN[C@@H](C)C(=O)N[C@H](C(=O)N1Cc2ccccc2C1C(=O)Nc1ccccc1OC)C(C)C.Cl. The Morgan fingerprint density at radius 2 is 1.68 bits per heavy atom. The summed E-state index contributed by atoms with van der Waals surface area (Å²) in [5, 5.41) is 8.65. The van der Waals surface area contributed by atoms with Gasteiger partial charge in [-0.1, -0.05) is 50.2 Å². The van der Waals surface area contributed by atoms with Crippen molar-refractivity contribution in [3.63, 3.8) is 0 Å². The molecule has 0 radical (unpaired) electrons.